The molecule has 4 heterocycles. The number of hydrogen-bond acceptors (Lipinski definition) is 4. The largest absolute Gasteiger partial charge is 0.513 e. The van der Waals surface area contributed by atoms with E-state index in [1.807, 2.05) is 30.6 Å². The van der Waals surface area contributed by atoms with Crippen molar-refractivity contribution in [2.24, 2.45) is 13.0 Å². The molecule has 0 saturated carbocycles. The molecule has 0 bridgehead atoms. The van der Waals surface area contributed by atoms with Crippen LogP contribution in [0.2, 0.25) is 0 Å². The Kier molecular flexibility index (Phi) is 8.53. The smallest absolute Gasteiger partial charge is 0.246 e. The number of fused-ring (bicyclic) bond motifs is 7. The van der Waals surface area contributed by atoms with Crippen molar-refractivity contribution < 1.29 is 34.2 Å². The van der Waals surface area contributed by atoms with Crippen LogP contribution in [0.5, 0.6) is 5.75 Å². The van der Waals surface area contributed by atoms with Gasteiger partial charge < -0.3 is 14.1 Å². The van der Waals surface area contributed by atoms with Crippen LogP contribution in [0, 0.1) is 18.3 Å². The summed E-state index contributed by atoms with van der Waals surface area (Å²) < 4.78 is 11.6. The number of nitrogens with zero attached hydrogens (tertiary/aromatic N) is 3. The Morgan fingerprint density at radius 1 is 0.957 bits per heavy atom. The van der Waals surface area contributed by atoms with Crippen LogP contribution in [-0.2, 0) is 39.0 Å². The number of oxazole rings is 1. The maximum atomic E-state index is 9.66. The van der Waals surface area contributed by atoms with Gasteiger partial charge in [0.25, 0.3) is 0 Å². The topological polar surface area (TPSA) is 54.5 Å². The Morgan fingerprint density at radius 3 is 2.48 bits per heavy atom. The molecule has 1 N–H and O–H groups in total. The SMILES string of the molecule is CC(C)Cc1cccc2c1sc1c(-c3[c-]c4ccccc4c(C(C)(C)C)c3)nccc12.C[n+]1[c-]n2c(c1)oc1cccc(O)c12.[Ir]. The van der Waals surface area contributed by atoms with E-state index in [0.717, 1.165) is 23.1 Å². The van der Waals surface area contributed by atoms with Crippen molar-refractivity contribution in [3.63, 3.8) is 0 Å². The third-order valence-electron chi connectivity index (χ3n) is 8.16. The second kappa shape index (κ2) is 12.3. The van der Waals surface area contributed by atoms with E-state index in [1.165, 1.54) is 36.7 Å². The van der Waals surface area contributed by atoms with E-state index in [2.05, 4.69) is 102 Å². The van der Waals surface area contributed by atoms with Gasteiger partial charge in [0, 0.05) is 46.8 Å². The zero-order chi connectivity index (χ0) is 31.5. The molecule has 0 aliphatic carbocycles. The summed E-state index contributed by atoms with van der Waals surface area (Å²) in [4.78, 5) is 4.87. The number of hydrogen-bond donors (Lipinski definition) is 1. The summed E-state index contributed by atoms with van der Waals surface area (Å²) in [6.07, 6.45) is 7.86. The van der Waals surface area contributed by atoms with Crippen molar-refractivity contribution in [3.8, 4) is 17.0 Å². The minimum atomic E-state index is 0. The van der Waals surface area contributed by atoms with Gasteiger partial charge >= 0.3 is 0 Å². The number of aryl methyl sites for hydroxylation is 1. The van der Waals surface area contributed by atoms with Gasteiger partial charge in [-0.2, -0.15) is 0 Å². The molecule has 8 rings (SSSR count). The number of aromatic hydroxyl groups is 1. The molecule has 0 spiro atoms. The van der Waals surface area contributed by atoms with Crippen LogP contribution in [0.3, 0.4) is 0 Å². The first-order valence-corrected chi connectivity index (χ1v) is 16.2. The van der Waals surface area contributed by atoms with Gasteiger partial charge in [-0.3, -0.25) is 9.38 Å². The molecule has 4 aromatic carbocycles. The Morgan fingerprint density at radius 2 is 1.70 bits per heavy atom. The van der Waals surface area contributed by atoms with Crippen molar-refractivity contribution in [2.75, 3.05) is 0 Å². The Balaban J connectivity index is 0.000000206. The van der Waals surface area contributed by atoms with Crippen LogP contribution in [0.1, 0.15) is 45.7 Å². The van der Waals surface area contributed by atoms with Crippen molar-refractivity contribution in [1.29, 1.82) is 0 Å². The molecule has 235 valence electrons. The molecule has 0 unspecified atom stereocenters. The molecule has 0 amide bonds. The van der Waals surface area contributed by atoms with Gasteiger partial charge in [-0.05, 0) is 46.9 Å². The normalized spacial score (nSPS) is 11.9. The fourth-order valence-corrected chi connectivity index (χ4v) is 7.50. The second-order valence-corrected chi connectivity index (χ2v) is 14.2. The van der Waals surface area contributed by atoms with E-state index in [4.69, 9.17) is 9.40 Å². The quantitative estimate of drug-likeness (QED) is 0.143. The van der Waals surface area contributed by atoms with Crippen LogP contribution in [0.4, 0.5) is 0 Å². The summed E-state index contributed by atoms with van der Waals surface area (Å²) in [6, 6.07) is 28.7. The molecular formula is C39H36IrN3O2S-. The van der Waals surface area contributed by atoms with Gasteiger partial charge in [0.1, 0.15) is 16.8 Å². The summed E-state index contributed by atoms with van der Waals surface area (Å²) >= 11 is 1.89. The number of pyridine rings is 1. The Bertz CT molecular complexity index is 2360. The summed E-state index contributed by atoms with van der Waals surface area (Å²) in [5, 5.41) is 14.7. The molecule has 1 radical (unpaired) electrons. The maximum Gasteiger partial charge on any atom is 0.246 e. The van der Waals surface area contributed by atoms with Crippen molar-refractivity contribution in [1.82, 2.24) is 9.38 Å². The fraction of sp³-hybridized carbons (Fsp3) is 0.231. The number of para-hydroxylation sites is 1. The van der Waals surface area contributed by atoms with Gasteiger partial charge in [-0.15, -0.1) is 40.5 Å². The molecule has 0 atom stereocenters. The monoisotopic (exact) mass is 803 g/mol. The minimum Gasteiger partial charge on any atom is -0.513 e. The minimum absolute atomic E-state index is 0. The van der Waals surface area contributed by atoms with E-state index < -0.39 is 0 Å². The third kappa shape index (κ3) is 5.72. The van der Waals surface area contributed by atoms with Crippen LogP contribution >= 0.6 is 11.3 Å². The van der Waals surface area contributed by atoms with Crippen LogP contribution < -0.4 is 4.57 Å². The van der Waals surface area contributed by atoms with E-state index in [0.29, 0.717) is 22.7 Å². The summed E-state index contributed by atoms with van der Waals surface area (Å²) in [6.45, 7) is 11.4. The third-order valence-corrected chi connectivity index (χ3v) is 9.46. The van der Waals surface area contributed by atoms with E-state index in [1.54, 1.807) is 27.3 Å². The number of phenolic OH excluding ortho intramolecular Hbond substituents is 1. The van der Waals surface area contributed by atoms with Crippen molar-refractivity contribution in [3.05, 3.63) is 109 Å². The molecule has 5 nitrogen and oxygen atoms in total. The number of imidazole rings is 1. The summed E-state index contributed by atoms with van der Waals surface area (Å²) in [7, 11) is 1.86. The first-order chi connectivity index (χ1) is 21.6. The van der Waals surface area contributed by atoms with Crippen molar-refractivity contribution in [2.45, 2.75) is 46.5 Å². The van der Waals surface area contributed by atoms with E-state index >= 15 is 0 Å². The molecular weight excluding hydrogens is 767 g/mol. The molecule has 46 heavy (non-hydrogen) atoms. The first kappa shape index (κ1) is 31.9. The van der Waals surface area contributed by atoms with Gasteiger partial charge in [0.05, 0.1) is 13.2 Å². The molecule has 0 saturated heterocycles. The summed E-state index contributed by atoms with van der Waals surface area (Å²) in [5.41, 5.74) is 6.96. The predicted octanol–water partition coefficient (Wildman–Crippen LogP) is 9.58. The van der Waals surface area contributed by atoms with Crippen LogP contribution in [-0.4, -0.2) is 14.5 Å². The van der Waals surface area contributed by atoms with Gasteiger partial charge in [-0.1, -0.05) is 88.0 Å². The standard InChI is InChI=1S/C29H28NS.C10H8N2O2.Ir/c1-18(2)15-20-10-8-12-23-24-13-14-30-26(28(24)31-27(20)23)21-16-19-9-6-7-11-22(19)25(17-21)29(3,4)5;1-11-5-9-12(6-11)10-7(13)3-2-4-8(10)14-9;/h6-14,17-18H,15H2,1-5H3;2-5,13H,1H3;/q-1;;. The van der Waals surface area contributed by atoms with E-state index in [9.17, 15) is 5.11 Å². The van der Waals surface area contributed by atoms with Gasteiger partial charge in [-0.25, -0.2) is 0 Å². The van der Waals surface area contributed by atoms with Gasteiger partial charge in [0.2, 0.25) is 12.0 Å². The Labute approximate surface area is 286 Å². The van der Waals surface area contributed by atoms with Crippen molar-refractivity contribution >= 4 is 59.1 Å². The molecule has 0 aliphatic rings. The predicted molar refractivity (Wildman–Crippen MR) is 185 cm³/mol. The molecule has 0 fully saturated rings. The van der Waals surface area contributed by atoms with Crippen LogP contribution in [0.25, 0.3) is 59.0 Å². The number of benzene rings is 4. The number of rotatable bonds is 3. The van der Waals surface area contributed by atoms with Gasteiger partial charge in [0.15, 0.2) is 0 Å². The zero-order valence-electron chi connectivity index (χ0n) is 26.8. The molecule has 7 heteroatoms. The number of aromatic nitrogens is 3. The second-order valence-electron chi connectivity index (χ2n) is 13.2. The Hall–Kier alpha value is -4.03. The molecule has 8 aromatic rings. The average molecular weight is 803 g/mol. The zero-order valence-corrected chi connectivity index (χ0v) is 30.0. The molecule has 4 aromatic heterocycles. The fourth-order valence-electron chi connectivity index (χ4n) is 6.18. The summed E-state index contributed by atoms with van der Waals surface area (Å²) in [5.74, 6) is 0.838. The number of thiophene rings is 1. The van der Waals surface area contributed by atoms with Crippen LogP contribution in [0.15, 0.2) is 89.6 Å². The average Bonchev–Trinajstić information content (AvgIpc) is 3.67. The van der Waals surface area contributed by atoms with E-state index in [-0.39, 0.29) is 31.3 Å². The molecule has 0 aliphatic heterocycles. The number of phenols is 1. The first-order valence-electron chi connectivity index (χ1n) is 15.3. The maximum absolute atomic E-state index is 9.66.